The highest BCUT2D eigenvalue weighted by Crippen LogP contribution is 2.34. The fourth-order valence-electron chi connectivity index (χ4n) is 2.16. The maximum absolute atomic E-state index is 8.06. The Hall–Kier alpha value is -2.09. The number of amidine groups is 1. The van der Waals surface area contributed by atoms with Crippen molar-refractivity contribution in [3.05, 3.63) is 60.2 Å². The Morgan fingerprint density at radius 3 is 2.38 bits per heavy atom. The number of benzene rings is 2. The number of para-hydroxylation sites is 2. The fraction of sp³-hybridized carbons (Fsp3) is 0.0714. The van der Waals surface area contributed by atoms with Crippen molar-refractivity contribution < 1.29 is 0 Å². The van der Waals surface area contributed by atoms with E-state index in [9.17, 15) is 0 Å². The van der Waals surface area contributed by atoms with E-state index in [1.165, 1.54) is 5.56 Å². The molecule has 0 radical (unpaired) electrons. The Labute approximate surface area is 94.7 Å². The minimum absolute atomic E-state index is 0.646. The summed E-state index contributed by atoms with van der Waals surface area (Å²) >= 11 is 0. The molecule has 3 rings (SSSR count). The van der Waals surface area contributed by atoms with Gasteiger partial charge in [0.25, 0.3) is 0 Å². The van der Waals surface area contributed by atoms with Crippen LogP contribution in [0.4, 0.5) is 11.4 Å². The molecule has 16 heavy (non-hydrogen) atoms. The molecule has 2 heteroatoms. The number of hydrogen-bond acceptors (Lipinski definition) is 1. The van der Waals surface area contributed by atoms with E-state index < -0.39 is 0 Å². The smallest absolute Gasteiger partial charge is 0.109 e. The zero-order chi connectivity index (χ0) is 11.0. The molecule has 1 aliphatic rings. The van der Waals surface area contributed by atoms with Gasteiger partial charge in [0.2, 0.25) is 0 Å². The van der Waals surface area contributed by atoms with E-state index in [0.29, 0.717) is 5.84 Å². The van der Waals surface area contributed by atoms with Gasteiger partial charge in [0.15, 0.2) is 0 Å². The third-order valence-corrected chi connectivity index (χ3v) is 2.87. The summed E-state index contributed by atoms with van der Waals surface area (Å²) in [5.41, 5.74) is 3.44. The Kier molecular flexibility index (Phi) is 2.00. The zero-order valence-electron chi connectivity index (χ0n) is 8.85. The summed E-state index contributed by atoms with van der Waals surface area (Å²) in [5.74, 6) is 0.646. The first-order valence-corrected chi connectivity index (χ1v) is 5.37. The summed E-state index contributed by atoms with van der Waals surface area (Å²) in [4.78, 5) is 2.01. The first kappa shape index (κ1) is 9.16. The number of fused-ring (bicyclic) bond motifs is 1. The van der Waals surface area contributed by atoms with Crippen LogP contribution in [0, 0.1) is 5.41 Å². The maximum Gasteiger partial charge on any atom is 0.109 e. The lowest BCUT2D eigenvalue weighted by molar-refractivity contribution is 1.29. The van der Waals surface area contributed by atoms with Gasteiger partial charge in [0, 0.05) is 12.1 Å². The first-order valence-electron chi connectivity index (χ1n) is 5.37. The molecule has 2 aromatic rings. The third kappa shape index (κ3) is 1.31. The van der Waals surface area contributed by atoms with Gasteiger partial charge in [-0.3, -0.25) is 10.3 Å². The predicted molar refractivity (Wildman–Crippen MR) is 66.5 cm³/mol. The molecule has 0 spiro atoms. The average Bonchev–Trinajstić information content (AvgIpc) is 2.66. The van der Waals surface area contributed by atoms with Gasteiger partial charge in [0.05, 0.1) is 5.69 Å². The first-order chi connectivity index (χ1) is 7.86. The lowest BCUT2D eigenvalue weighted by atomic mass is 10.2. The Bertz CT molecular complexity index is 531. The molecule has 0 atom stereocenters. The van der Waals surface area contributed by atoms with E-state index in [1.54, 1.807) is 0 Å². The van der Waals surface area contributed by atoms with Crippen LogP contribution in [-0.2, 0) is 6.42 Å². The average molecular weight is 208 g/mol. The van der Waals surface area contributed by atoms with Crippen molar-refractivity contribution in [1.82, 2.24) is 0 Å². The van der Waals surface area contributed by atoms with Crippen LogP contribution in [-0.4, -0.2) is 5.84 Å². The molecule has 0 bridgehead atoms. The SMILES string of the molecule is N=C1Cc2ccccc2N1c1ccccc1. The quantitative estimate of drug-likeness (QED) is 0.764. The summed E-state index contributed by atoms with van der Waals surface area (Å²) < 4.78 is 0. The van der Waals surface area contributed by atoms with E-state index in [4.69, 9.17) is 5.41 Å². The highest BCUT2D eigenvalue weighted by atomic mass is 15.2. The number of rotatable bonds is 1. The van der Waals surface area contributed by atoms with E-state index >= 15 is 0 Å². The molecular weight excluding hydrogens is 196 g/mol. The molecule has 0 amide bonds. The van der Waals surface area contributed by atoms with E-state index in [1.807, 2.05) is 47.4 Å². The second kappa shape index (κ2) is 3.49. The van der Waals surface area contributed by atoms with Crippen molar-refractivity contribution in [3.63, 3.8) is 0 Å². The predicted octanol–water partition coefficient (Wildman–Crippen LogP) is 3.36. The van der Waals surface area contributed by atoms with Crippen molar-refractivity contribution in [2.75, 3.05) is 4.90 Å². The van der Waals surface area contributed by atoms with Crippen molar-refractivity contribution >= 4 is 17.2 Å². The third-order valence-electron chi connectivity index (χ3n) is 2.87. The van der Waals surface area contributed by atoms with Crippen molar-refractivity contribution in [1.29, 1.82) is 5.41 Å². The van der Waals surface area contributed by atoms with Gasteiger partial charge in [-0.2, -0.15) is 0 Å². The number of nitrogens with one attached hydrogen (secondary N) is 1. The summed E-state index contributed by atoms with van der Waals surface area (Å²) in [6.45, 7) is 0. The minimum Gasteiger partial charge on any atom is -0.298 e. The zero-order valence-corrected chi connectivity index (χ0v) is 8.85. The van der Waals surface area contributed by atoms with Crippen molar-refractivity contribution in [2.45, 2.75) is 6.42 Å². The summed E-state index contributed by atoms with van der Waals surface area (Å²) in [6.07, 6.45) is 0.727. The molecule has 2 nitrogen and oxygen atoms in total. The topological polar surface area (TPSA) is 27.1 Å². The Balaban J connectivity index is 2.13. The van der Waals surface area contributed by atoms with Gasteiger partial charge in [-0.1, -0.05) is 36.4 Å². The standard InChI is InChI=1S/C14H12N2/c15-14-10-11-6-4-5-9-13(11)16(14)12-7-2-1-3-8-12/h1-9,15H,10H2. The van der Waals surface area contributed by atoms with Crippen LogP contribution < -0.4 is 4.90 Å². The van der Waals surface area contributed by atoms with Crippen LogP contribution in [0.5, 0.6) is 0 Å². The highest BCUT2D eigenvalue weighted by Gasteiger charge is 2.24. The van der Waals surface area contributed by atoms with Gasteiger partial charge in [-0.05, 0) is 23.8 Å². The fourth-order valence-corrected chi connectivity index (χ4v) is 2.16. The van der Waals surface area contributed by atoms with Crippen LogP contribution in [0.1, 0.15) is 5.56 Å². The van der Waals surface area contributed by atoms with Gasteiger partial charge in [0.1, 0.15) is 5.84 Å². The van der Waals surface area contributed by atoms with E-state index in [-0.39, 0.29) is 0 Å². The van der Waals surface area contributed by atoms with E-state index in [2.05, 4.69) is 12.1 Å². The van der Waals surface area contributed by atoms with Gasteiger partial charge in [-0.15, -0.1) is 0 Å². The molecule has 1 N–H and O–H groups in total. The lowest BCUT2D eigenvalue weighted by Gasteiger charge is -2.19. The van der Waals surface area contributed by atoms with Crippen molar-refractivity contribution in [3.8, 4) is 0 Å². The van der Waals surface area contributed by atoms with Gasteiger partial charge in [-0.25, -0.2) is 0 Å². The highest BCUT2D eigenvalue weighted by molar-refractivity contribution is 6.08. The van der Waals surface area contributed by atoms with Crippen LogP contribution in [0.2, 0.25) is 0 Å². The molecule has 0 aromatic heterocycles. The lowest BCUT2D eigenvalue weighted by Crippen LogP contribution is -2.19. The molecule has 0 saturated heterocycles. The Morgan fingerprint density at radius 2 is 1.56 bits per heavy atom. The van der Waals surface area contributed by atoms with Crippen LogP contribution in [0.15, 0.2) is 54.6 Å². The van der Waals surface area contributed by atoms with Gasteiger partial charge >= 0.3 is 0 Å². The van der Waals surface area contributed by atoms with E-state index in [0.717, 1.165) is 17.8 Å². The largest absolute Gasteiger partial charge is 0.298 e. The van der Waals surface area contributed by atoms with Crippen LogP contribution in [0.25, 0.3) is 0 Å². The second-order valence-electron chi connectivity index (χ2n) is 3.92. The summed E-state index contributed by atoms with van der Waals surface area (Å²) in [7, 11) is 0. The summed E-state index contributed by atoms with van der Waals surface area (Å²) in [6, 6.07) is 18.3. The molecule has 0 aliphatic carbocycles. The maximum atomic E-state index is 8.06. The molecule has 1 aliphatic heterocycles. The molecule has 0 unspecified atom stereocenters. The molecule has 0 fully saturated rings. The summed E-state index contributed by atoms with van der Waals surface area (Å²) in [5, 5.41) is 8.06. The van der Waals surface area contributed by atoms with Gasteiger partial charge < -0.3 is 0 Å². The molecule has 0 saturated carbocycles. The molecular formula is C14H12N2. The molecule has 2 aromatic carbocycles. The number of hydrogen-bond donors (Lipinski definition) is 1. The van der Waals surface area contributed by atoms with Crippen molar-refractivity contribution in [2.24, 2.45) is 0 Å². The normalized spacial score (nSPS) is 14.0. The minimum atomic E-state index is 0.646. The monoisotopic (exact) mass is 208 g/mol. The van der Waals surface area contributed by atoms with Crippen LogP contribution >= 0.6 is 0 Å². The second-order valence-corrected chi connectivity index (χ2v) is 3.92. The molecule has 78 valence electrons. The number of anilines is 2. The Morgan fingerprint density at radius 1 is 0.875 bits per heavy atom. The molecule has 1 heterocycles. The number of nitrogens with zero attached hydrogens (tertiary/aromatic N) is 1. The van der Waals surface area contributed by atoms with Crippen LogP contribution in [0.3, 0.4) is 0 Å².